The van der Waals surface area contributed by atoms with E-state index in [1.54, 1.807) is 12.1 Å². The molecule has 0 amide bonds. The van der Waals surface area contributed by atoms with Crippen molar-refractivity contribution in [3.8, 4) is 0 Å². The smallest absolute Gasteiger partial charge is 0.165 e. The molecule has 0 aliphatic rings. The number of aliphatic hydroxyl groups is 1. The second-order valence-corrected chi connectivity index (χ2v) is 5.56. The maximum atomic E-state index is 13.8. The quantitative estimate of drug-likeness (QED) is 0.829. The lowest BCUT2D eigenvalue weighted by Gasteiger charge is -2.14. The van der Waals surface area contributed by atoms with Crippen molar-refractivity contribution in [3.63, 3.8) is 0 Å². The summed E-state index contributed by atoms with van der Waals surface area (Å²) in [6.45, 7) is 1.46. The maximum Gasteiger partial charge on any atom is 0.165 e. The Balaban J connectivity index is 2.50. The van der Waals surface area contributed by atoms with Crippen LogP contribution < -0.4 is 0 Å². The summed E-state index contributed by atoms with van der Waals surface area (Å²) in [5.41, 5.74) is 0.472. The molecule has 2 aromatic carbocycles. The average Bonchev–Trinajstić information content (AvgIpc) is 2.34. The largest absolute Gasteiger partial charge is 0.384 e. The highest BCUT2D eigenvalue weighted by atomic mass is 79.9. The summed E-state index contributed by atoms with van der Waals surface area (Å²) in [4.78, 5) is 0. The fraction of sp³-hybridized carbons (Fsp3) is 0.143. The van der Waals surface area contributed by atoms with Gasteiger partial charge in [-0.15, -0.1) is 0 Å². The average molecular weight is 348 g/mol. The third-order valence-corrected chi connectivity index (χ3v) is 3.48. The summed E-state index contributed by atoms with van der Waals surface area (Å²) in [6.07, 6.45) is -1.27. The molecule has 0 bridgehead atoms. The zero-order valence-corrected chi connectivity index (χ0v) is 12.3. The summed E-state index contributed by atoms with van der Waals surface area (Å²) in [5, 5.41) is 10.6. The minimum atomic E-state index is -1.27. The molecule has 1 atom stereocenters. The van der Waals surface area contributed by atoms with Gasteiger partial charge in [0.05, 0.1) is 0 Å². The molecular weight excluding hydrogens is 338 g/mol. The Morgan fingerprint density at radius 1 is 1.16 bits per heavy atom. The Bertz CT molecular complexity index is 611. The standard InChI is InChI=1S/C14H10BrClF2O/c1-7-2-3-11(13(18)12(7)17)14(19)8-4-9(15)6-10(16)5-8/h2-6,14,19H,1H3. The van der Waals surface area contributed by atoms with Gasteiger partial charge in [-0.05, 0) is 36.2 Å². The van der Waals surface area contributed by atoms with Crippen LogP contribution >= 0.6 is 27.5 Å². The lowest BCUT2D eigenvalue weighted by Crippen LogP contribution is -2.05. The number of halogens is 4. The van der Waals surface area contributed by atoms with Crippen LogP contribution in [0.15, 0.2) is 34.8 Å². The third kappa shape index (κ3) is 2.96. The first-order valence-corrected chi connectivity index (χ1v) is 6.66. The van der Waals surface area contributed by atoms with E-state index in [0.717, 1.165) is 0 Å². The Hall–Kier alpha value is -0.970. The van der Waals surface area contributed by atoms with Gasteiger partial charge < -0.3 is 5.11 Å². The molecule has 5 heteroatoms. The monoisotopic (exact) mass is 346 g/mol. The van der Waals surface area contributed by atoms with Crippen LogP contribution in [-0.4, -0.2) is 5.11 Å². The van der Waals surface area contributed by atoms with Gasteiger partial charge in [0, 0.05) is 15.1 Å². The highest BCUT2D eigenvalue weighted by molar-refractivity contribution is 9.10. The lowest BCUT2D eigenvalue weighted by atomic mass is 9.99. The third-order valence-electron chi connectivity index (χ3n) is 2.80. The first-order valence-electron chi connectivity index (χ1n) is 5.48. The van der Waals surface area contributed by atoms with Crippen LogP contribution in [0.4, 0.5) is 8.78 Å². The summed E-state index contributed by atoms with van der Waals surface area (Å²) in [5.74, 6) is -1.98. The van der Waals surface area contributed by atoms with Crippen LogP contribution in [0.5, 0.6) is 0 Å². The SMILES string of the molecule is Cc1ccc(C(O)c2cc(Cl)cc(Br)c2)c(F)c1F. The van der Waals surface area contributed by atoms with Crippen molar-refractivity contribution in [1.82, 2.24) is 0 Å². The molecule has 2 rings (SSSR count). The van der Waals surface area contributed by atoms with Gasteiger partial charge in [0.25, 0.3) is 0 Å². The minimum absolute atomic E-state index is 0.114. The fourth-order valence-electron chi connectivity index (χ4n) is 1.78. The molecule has 0 aromatic heterocycles. The normalized spacial score (nSPS) is 12.5. The van der Waals surface area contributed by atoms with Crippen molar-refractivity contribution < 1.29 is 13.9 Å². The van der Waals surface area contributed by atoms with Gasteiger partial charge in [-0.3, -0.25) is 0 Å². The highest BCUT2D eigenvalue weighted by Gasteiger charge is 2.19. The molecule has 0 aliphatic heterocycles. The zero-order valence-electron chi connectivity index (χ0n) is 9.92. The predicted molar refractivity (Wildman–Crippen MR) is 74.3 cm³/mol. The molecule has 0 saturated heterocycles. The Labute approximate surface area is 123 Å². The van der Waals surface area contributed by atoms with E-state index in [4.69, 9.17) is 11.6 Å². The molecule has 0 saturated carbocycles. The molecule has 2 aromatic rings. The van der Waals surface area contributed by atoms with Crippen LogP contribution in [0.1, 0.15) is 22.8 Å². The highest BCUT2D eigenvalue weighted by Crippen LogP contribution is 2.30. The minimum Gasteiger partial charge on any atom is -0.384 e. The van der Waals surface area contributed by atoms with E-state index in [9.17, 15) is 13.9 Å². The van der Waals surface area contributed by atoms with E-state index in [0.29, 0.717) is 15.1 Å². The van der Waals surface area contributed by atoms with Crippen LogP contribution in [-0.2, 0) is 0 Å². The number of hydrogen-bond acceptors (Lipinski definition) is 1. The van der Waals surface area contributed by atoms with Crippen molar-refractivity contribution in [2.45, 2.75) is 13.0 Å². The molecule has 100 valence electrons. The van der Waals surface area contributed by atoms with E-state index in [2.05, 4.69) is 15.9 Å². The first-order chi connectivity index (χ1) is 8.90. The second kappa shape index (κ2) is 5.57. The maximum absolute atomic E-state index is 13.8. The number of rotatable bonds is 2. The van der Waals surface area contributed by atoms with Gasteiger partial charge in [0.1, 0.15) is 6.10 Å². The Kier molecular flexibility index (Phi) is 4.23. The van der Waals surface area contributed by atoms with Crippen molar-refractivity contribution >= 4 is 27.5 Å². The lowest BCUT2D eigenvalue weighted by molar-refractivity contribution is 0.213. The molecule has 0 fully saturated rings. The summed E-state index contributed by atoms with van der Waals surface area (Å²) >= 11 is 9.10. The van der Waals surface area contributed by atoms with Crippen LogP contribution in [0, 0.1) is 18.6 Å². The van der Waals surface area contributed by atoms with Crippen LogP contribution in [0.25, 0.3) is 0 Å². The summed E-state index contributed by atoms with van der Waals surface area (Å²) in [7, 11) is 0. The van der Waals surface area contributed by atoms with Gasteiger partial charge in [-0.25, -0.2) is 8.78 Å². The second-order valence-electron chi connectivity index (χ2n) is 4.20. The summed E-state index contributed by atoms with van der Waals surface area (Å²) in [6, 6.07) is 7.55. The zero-order chi connectivity index (χ0) is 14.2. The van der Waals surface area contributed by atoms with Gasteiger partial charge in [-0.1, -0.05) is 39.7 Å². The number of aryl methyl sites for hydroxylation is 1. The van der Waals surface area contributed by atoms with Gasteiger partial charge in [0.2, 0.25) is 0 Å². The van der Waals surface area contributed by atoms with E-state index in [-0.39, 0.29) is 11.1 Å². The molecule has 1 N–H and O–H groups in total. The van der Waals surface area contributed by atoms with E-state index in [1.807, 2.05) is 0 Å². The van der Waals surface area contributed by atoms with Crippen molar-refractivity contribution in [2.75, 3.05) is 0 Å². The fourth-order valence-corrected chi connectivity index (χ4v) is 2.67. The Morgan fingerprint density at radius 3 is 2.47 bits per heavy atom. The molecule has 1 nitrogen and oxygen atoms in total. The van der Waals surface area contributed by atoms with Gasteiger partial charge in [-0.2, -0.15) is 0 Å². The number of benzene rings is 2. The van der Waals surface area contributed by atoms with E-state index < -0.39 is 17.7 Å². The summed E-state index contributed by atoms with van der Waals surface area (Å²) < 4.78 is 28.0. The Morgan fingerprint density at radius 2 is 1.84 bits per heavy atom. The van der Waals surface area contributed by atoms with Gasteiger partial charge >= 0.3 is 0 Å². The topological polar surface area (TPSA) is 20.2 Å². The molecule has 19 heavy (non-hydrogen) atoms. The molecule has 1 unspecified atom stereocenters. The molecule has 0 heterocycles. The van der Waals surface area contributed by atoms with Crippen molar-refractivity contribution in [1.29, 1.82) is 0 Å². The molecular formula is C14H10BrClF2O. The molecule has 0 aliphatic carbocycles. The predicted octanol–water partition coefficient (Wildman–Crippen LogP) is 4.77. The van der Waals surface area contributed by atoms with E-state index in [1.165, 1.54) is 25.1 Å². The number of aliphatic hydroxyl groups excluding tert-OH is 1. The van der Waals surface area contributed by atoms with Crippen molar-refractivity contribution in [3.05, 3.63) is 68.2 Å². The number of hydrogen-bond donors (Lipinski definition) is 1. The van der Waals surface area contributed by atoms with Crippen LogP contribution in [0.3, 0.4) is 0 Å². The van der Waals surface area contributed by atoms with E-state index >= 15 is 0 Å². The van der Waals surface area contributed by atoms with Crippen molar-refractivity contribution in [2.24, 2.45) is 0 Å². The molecule has 0 spiro atoms. The first kappa shape index (κ1) is 14.4. The van der Waals surface area contributed by atoms with Crippen LogP contribution in [0.2, 0.25) is 5.02 Å². The van der Waals surface area contributed by atoms with Gasteiger partial charge in [0.15, 0.2) is 11.6 Å². The molecule has 0 radical (unpaired) electrons.